The van der Waals surface area contributed by atoms with Crippen LogP contribution in [0.15, 0.2) is 34.9 Å². The molecule has 8 heteroatoms. The highest BCUT2D eigenvalue weighted by Crippen LogP contribution is 2.31. The average molecular weight is 333 g/mol. The number of aliphatic hydroxyl groups excluding tert-OH is 2. The predicted octanol–water partition coefficient (Wildman–Crippen LogP) is 2.95. The van der Waals surface area contributed by atoms with Crippen molar-refractivity contribution in [2.24, 2.45) is 0 Å². The van der Waals surface area contributed by atoms with Crippen LogP contribution in [0.5, 0.6) is 0 Å². The highest BCUT2D eigenvalue weighted by Gasteiger charge is 2.30. The minimum atomic E-state index is -4.37. The van der Waals surface area contributed by atoms with Crippen molar-refractivity contribution in [3.8, 4) is 11.5 Å². The Bertz CT molecular complexity index is 598. The number of alkyl halides is 3. The quantitative estimate of drug-likeness (QED) is 0.851. The molecule has 0 aliphatic heterocycles. The number of aliphatic hydroxyl groups is 2. The molecule has 0 aliphatic rings. The van der Waals surface area contributed by atoms with Crippen molar-refractivity contribution in [2.45, 2.75) is 18.0 Å². The van der Waals surface area contributed by atoms with Gasteiger partial charge in [0.1, 0.15) is 6.26 Å². The molecule has 4 nitrogen and oxygen atoms in total. The predicted molar refractivity (Wildman–Crippen MR) is 76.2 cm³/mol. The second kappa shape index (κ2) is 7.17. The fraction of sp³-hybridized carbons (Fsp3) is 0.357. The standard InChI is InChI=1S/C14H14F3NO3S/c15-14(16,17)10-3-1-9(2-4-10)13-18-11(6-21-13)7-22-8-12(20)5-19/h1-4,6,12,19-20H,5,7-8H2/t12-/m0/s1. The summed E-state index contributed by atoms with van der Waals surface area (Å²) in [5.41, 5.74) is 0.348. The molecule has 2 aromatic rings. The molecular formula is C14H14F3NO3S. The van der Waals surface area contributed by atoms with Gasteiger partial charge in [0.2, 0.25) is 5.89 Å². The van der Waals surface area contributed by atoms with E-state index in [0.29, 0.717) is 22.8 Å². The summed E-state index contributed by atoms with van der Waals surface area (Å²) in [6.45, 7) is -0.303. The first-order valence-corrected chi connectivity index (χ1v) is 7.54. The second-order valence-electron chi connectivity index (χ2n) is 4.57. The van der Waals surface area contributed by atoms with E-state index >= 15 is 0 Å². The number of oxazole rings is 1. The van der Waals surface area contributed by atoms with Gasteiger partial charge in [0, 0.05) is 17.1 Å². The number of halogens is 3. The van der Waals surface area contributed by atoms with Crippen molar-refractivity contribution in [2.75, 3.05) is 12.4 Å². The molecule has 1 aromatic carbocycles. The summed E-state index contributed by atoms with van der Waals surface area (Å²) in [6.07, 6.45) is -3.73. The number of hydrogen-bond donors (Lipinski definition) is 2. The molecule has 1 aromatic heterocycles. The molecule has 1 atom stereocenters. The third-order valence-corrected chi connectivity index (χ3v) is 3.90. The smallest absolute Gasteiger partial charge is 0.416 e. The first-order valence-electron chi connectivity index (χ1n) is 6.39. The van der Waals surface area contributed by atoms with Crippen LogP contribution >= 0.6 is 11.8 Å². The molecule has 2 N–H and O–H groups in total. The fourth-order valence-corrected chi connectivity index (χ4v) is 2.50. The zero-order valence-electron chi connectivity index (χ0n) is 11.4. The Kier molecular flexibility index (Phi) is 5.49. The molecule has 2 rings (SSSR count). The van der Waals surface area contributed by atoms with Crippen LogP contribution in [-0.2, 0) is 11.9 Å². The van der Waals surface area contributed by atoms with Crippen LogP contribution in [0, 0.1) is 0 Å². The van der Waals surface area contributed by atoms with E-state index in [9.17, 15) is 18.3 Å². The van der Waals surface area contributed by atoms with Crippen LogP contribution in [0.2, 0.25) is 0 Å². The molecule has 0 amide bonds. The van der Waals surface area contributed by atoms with E-state index in [0.717, 1.165) is 12.1 Å². The third-order valence-electron chi connectivity index (χ3n) is 2.78. The summed E-state index contributed by atoms with van der Waals surface area (Å²) in [7, 11) is 0. The summed E-state index contributed by atoms with van der Waals surface area (Å²) >= 11 is 1.37. The summed E-state index contributed by atoms with van der Waals surface area (Å²) in [6, 6.07) is 4.57. The first kappa shape index (κ1) is 16.9. The number of thioether (sulfide) groups is 1. The lowest BCUT2D eigenvalue weighted by molar-refractivity contribution is -0.137. The zero-order valence-corrected chi connectivity index (χ0v) is 12.2. The summed E-state index contributed by atoms with van der Waals surface area (Å²) < 4.78 is 42.7. The van der Waals surface area contributed by atoms with Crippen LogP contribution in [0.4, 0.5) is 13.2 Å². The molecule has 120 valence electrons. The van der Waals surface area contributed by atoms with Crippen LogP contribution in [0.1, 0.15) is 11.3 Å². The molecule has 0 radical (unpaired) electrons. The maximum atomic E-state index is 12.5. The second-order valence-corrected chi connectivity index (χ2v) is 5.60. The minimum Gasteiger partial charge on any atom is -0.444 e. The number of rotatable bonds is 6. The van der Waals surface area contributed by atoms with E-state index in [-0.39, 0.29) is 12.5 Å². The van der Waals surface area contributed by atoms with E-state index in [1.54, 1.807) is 0 Å². The lowest BCUT2D eigenvalue weighted by Gasteiger charge is -2.06. The van der Waals surface area contributed by atoms with Crippen molar-refractivity contribution in [1.29, 1.82) is 0 Å². The maximum absolute atomic E-state index is 12.5. The number of hydrogen-bond acceptors (Lipinski definition) is 5. The van der Waals surface area contributed by atoms with Gasteiger partial charge in [0.05, 0.1) is 24.0 Å². The van der Waals surface area contributed by atoms with Crippen LogP contribution in [0.3, 0.4) is 0 Å². The van der Waals surface area contributed by atoms with Gasteiger partial charge >= 0.3 is 6.18 Å². The Balaban J connectivity index is 1.99. The van der Waals surface area contributed by atoms with Gasteiger partial charge in [-0.1, -0.05) is 0 Å². The number of benzene rings is 1. The van der Waals surface area contributed by atoms with E-state index in [2.05, 4.69) is 4.98 Å². The van der Waals surface area contributed by atoms with Gasteiger partial charge in [-0.3, -0.25) is 0 Å². The normalized spacial score (nSPS) is 13.3. The van der Waals surface area contributed by atoms with E-state index in [4.69, 9.17) is 9.52 Å². The molecular weight excluding hydrogens is 319 g/mol. The van der Waals surface area contributed by atoms with E-state index in [1.165, 1.54) is 30.2 Å². The molecule has 0 fully saturated rings. The molecule has 0 aliphatic carbocycles. The lowest BCUT2D eigenvalue weighted by Crippen LogP contribution is -2.14. The Labute approximate surface area is 129 Å². The van der Waals surface area contributed by atoms with Gasteiger partial charge < -0.3 is 14.6 Å². The molecule has 0 unspecified atom stereocenters. The SMILES string of the molecule is OC[C@H](O)CSCc1coc(-c2ccc(C(F)(F)F)cc2)n1. The topological polar surface area (TPSA) is 66.5 Å². The summed E-state index contributed by atoms with van der Waals surface area (Å²) in [4.78, 5) is 4.18. The van der Waals surface area contributed by atoms with Crippen LogP contribution in [-0.4, -0.2) is 33.7 Å². The van der Waals surface area contributed by atoms with Crippen LogP contribution in [0.25, 0.3) is 11.5 Å². The average Bonchev–Trinajstić information content (AvgIpc) is 2.95. The highest BCUT2D eigenvalue weighted by molar-refractivity contribution is 7.98. The van der Waals surface area contributed by atoms with E-state index in [1.807, 2.05) is 0 Å². The molecule has 0 spiro atoms. The zero-order chi connectivity index (χ0) is 16.2. The van der Waals surface area contributed by atoms with Crippen molar-refractivity contribution in [3.63, 3.8) is 0 Å². The minimum absolute atomic E-state index is 0.243. The Morgan fingerprint density at radius 2 is 1.91 bits per heavy atom. The molecule has 0 bridgehead atoms. The van der Waals surface area contributed by atoms with Gasteiger partial charge in [-0.15, -0.1) is 0 Å². The van der Waals surface area contributed by atoms with Gasteiger partial charge in [0.15, 0.2) is 0 Å². The van der Waals surface area contributed by atoms with Gasteiger partial charge in [-0.25, -0.2) is 4.98 Å². The molecule has 22 heavy (non-hydrogen) atoms. The van der Waals surface area contributed by atoms with Gasteiger partial charge in [-0.05, 0) is 24.3 Å². The van der Waals surface area contributed by atoms with Gasteiger partial charge in [0.25, 0.3) is 0 Å². The highest BCUT2D eigenvalue weighted by atomic mass is 32.2. The number of aromatic nitrogens is 1. The summed E-state index contributed by atoms with van der Waals surface area (Å²) in [5.74, 6) is 1.08. The Morgan fingerprint density at radius 3 is 2.50 bits per heavy atom. The largest absolute Gasteiger partial charge is 0.444 e. The Hall–Kier alpha value is -1.51. The molecule has 0 saturated carbocycles. The first-order chi connectivity index (χ1) is 10.4. The maximum Gasteiger partial charge on any atom is 0.416 e. The summed E-state index contributed by atoms with van der Waals surface area (Å²) in [5, 5.41) is 17.9. The third kappa shape index (κ3) is 4.49. The Morgan fingerprint density at radius 1 is 1.23 bits per heavy atom. The molecule has 0 saturated heterocycles. The number of nitrogens with zero attached hydrogens (tertiary/aromatic N) is 1. The van der Waals surface area contributed by atoms with Crippen molar-refractivity contribution >= 4 is 11.8 Å². The van der Waals surface area contributed by atoms with Crippen molar-refractivity contribution in [1.82, 2.24) is 4.98 Å². The monoisotopic (exact) mass is 333 g/mol. The lowest BCUT2D eigenvalue weighted by atomic mass is 10.1. The van der Waals surface area contributed by atoms with Crippen molar-refractivity contribution in [3.05, 3.63) is 41.8 Å². The molecule has 1 heterocycles. The van der Waals surface area contributed by atoms with Crippen molar-refractivity contribution < 1.29 is 27.8 Å². The van der Waals surface area contributed by atoms with Crippen LogP contribution < -0.4 is 0 Å². The van der Waals surface area contributed by atoms with E-state index < -0.39 is 17.8 Å². The van der Waals surface area contributed by atoms with Gasteiger partial charge in [-0.2, -0.15) is 24.9 Å². The fourth-order valence-electron chi connectivity index (χ4n) is 1.66.